The summed E-state index contributed by atoms with van der Waals surface area (Å²) in [6.45, 7) is 4.92. The molecule has 4 nitrogen and oxygen atoms in total. The number of esters is 1. The quantitative estimate of drug-likeness (QED) is 0.327. The molecule has 4 heteroatoms. The van der Waals surface area contributed by atoms with E-state index in [1.807, 2.05) is 19.1 Å². The number of hydrogen-bond donors (Lipinski definition) is 1. The molecular weight excluding hydrogens is 434 g/mol. The maximum absolute atomic E-state index is 12.1. The van der Waals surface area contributed by atoms with E-state index in [9.17, 15) is 4.79 Å². The maximum atomic E-state index is 12.1. The van der Waals surface area contributed by atoms with Crippen LogP contribution in [0, 0.1) is 6.92 Å². The van der Waals surface area contributed by atoms with Gasteiger partial charge in [0.15, 0.2) is 0 Å². The lowest BCUT2D eigenvalue weighted by atomic mass is 9.83. The second kappa shape index (κ2) is 9.93. The van der Waals surface area contributed by atoms with Crippen molar-refractivity contribution >= 4 is 16.7 Å². The molecule has 1 N–H and O–H groups in total. The molecule has 0 fully saturated rings. The third kappa shape index (κ3) is 4.67. The number of carbonyl (C=O) groups excluding carboxylic acids is 1. The molecule has 0 spiro atoms. The van der Waals surface area contributed by atoms with Crippen LogP contribution < -0.4 is 10.1 Å². The zero-order valence-corrected chi connectivity index (χ0v) is 20.5. The number of nitrogens with one attached hydrogen (secondary N) is 1. The number of hydrogen-bond acceptors (Lipinski definition) is 4. The first kappa shape index (κ1) is 23.1. The Morgan fingerprint density at radius 1 is 1.03 bits per heavy atom. The first-order valence-electron chi connectivity index (χ1n) is 12.2. The molecule has 0 saturated carbocycles. The Morgan fingerprint density at radius 2 is 1.80 bits per heavy atom. The number of fused-ring (bicyclic) bond motifs is 2. The number of benzene rings is 4. The molecule has 0 bridgehead atoms. The first-order chi connectivity index (χ1) is 17.0. The fourth-order valence-electron chi connectivity index (χ4n) is 5.22. The SMILES string of the molecule is COC(=O)c1ccc(C2CC(CNC(C)c3cccc4ccccc34)Oc3ccccc32)cc1C. The summed E-state index contributed by atoms with van der Waals surface area (Å²) in [4.78, 5) is 12.1. The van der Waals surface area contributed by atoms with E-state index in [-0.39, 0.29) is 24.0 Å². The summed E-state index contributed by atoms with van der Waals surface area (Å²) in [5.74, 6) is 0.832. The Bertz CT molecular complexity index is 1360. The van der Waals surface area contributed by atoms with Gasteiger partial charge in [-0.3, -0.25) is 0 Å². The Hall–Kier alpha value is -3.63. The molecule has 0 aliphatic carbocycles. The lowest BCUT2D eigenvalue weighted by Gasteiger charge is -2.33. The molecule has 0 saturated heterocycles. The second-order valence-corrected chi connectivity index (χ2v) is 9.33. The van der Waals surface area contributed by atoms with Crippen LogP contribution in [0.15, 0.2) is 84.9 Å². The largest absolute Gasteiger partial charge is 0.489 e. The van der Waals surface area contributed by atoms with Gasteiger partial charge in [0.05, 0.1) is 12.7 Å². The molecule has 1 aliphatic heterocycles. The minimum Gasteiger partial charge on any atom is -0.489 e. The standard InChI is InChI=1S/C31H31NO3/c1-20-17-23(15-16-25(20)31(33)34-3)29-18-24(35-30-14-7-6-12-28(29)30)19-32-21(2)26-13-8-10-22-9-4-5-11-27(22)26/h4-17,21,24,29,32H,18-19H2,1-3H3. The van der Waals surface area contributed by atoms with E-state index in [1.54, 1.807) is 0 Å². The topological polar surface area (TPSA) is 47.6 Å². The van der Waals surface area contributed by atoms with Gasteiger partial charge in [-0.1, -0.05) is 72.8 Å². The van der Waals surface area contributed by atoms with Crippen molar-refractivity contribution in [3.63, 3.8) is 0 Å². The molecule has 5 rings (SSSR count). The fourth-order valence-corrected chi connectivity index (χ4v) is 5.22. The van der Waals surface area contributed by atoms with Gasteiger partial charge in [-0.05, 0) is 59.9 Å². The molecule has 4 aromatic rings. The highest BCUT2D eigenvalue weighted by Crippen LogP contribution is 2.40. The molecule has 0 amide bonds. The summed E-state index contributed by atoms with van der Waals surface area (Å²) < 4.78 is 11.4. The van der Waals surface area contributed by atoms with Crippen molar-refractivity contribution in [2.75, 3.05) is 13.7 Å². The lowest BCUT2D eigenvalue weighted by molar-refractivity contribution is 0.0600. The van der Waals surface area contributed by atoms with E-state index in [0.29, 0.717) is 5.56 Å². The van der Waals surface area contributed by atoms with Crippen LogP contribution in [0.2, 0.25) is 0 Å². The minimum atomic E-state index is -0.300. The highest BCUT2D eigenvalue weighted by Gasteiger charge is 2.30. The number of methoxy groups -OCH3 is 1. The molecular formula is C31H31NO3. The summed E-state index contributed by atoms with van der Waals surface area (Å²) >= 11 is 0. The predicted molar refractivity (Wildman–Crippen MR) is 140 cm³/mol. The van der Waals surface area contributed by atoms with Gasteiger partial charge >= 0.3 is 5.97 Å². The summed E-state index contributed by atoms with van der Waals surface area (Å²) in [7, 11) is 1.42. The Morgan fingerprint density at radius 3 is 2.63 bits per heavy atom. The maximum Gasteiger partial charge on any atom is 0.338 e. The molecule has 1 aliphatic rings. The van der Waals surface area contributed by atoms with Crippen molar-refractivity contribution in [2.45, 2.75) is 38.3 Å². The van der Waals surface area contributed by atoms with E-state index >= 15 is 0 Å². The summed E-state index contributed by atoms with van der Waals surface area (Å²) in [5.41, 5.74) is 5.22. The van der Waals surface area contributed by atoms with Crippen LogP contribution in [-0.4, -0.2) is 25.7 Å². The van der Waals surface area contributed by atoms with Crippen LogP contribution in [-0.2, 0) is 4.74 Å². The Labute approximate surface area is 206 Å². The van der Waals surface area contributed by atoms with Crippen molar-refractivity contribution in [2.24, 2.45) is 0 Å². The van der Waals surface area contributed by atoms with E-state index in [2.05, 4.69) is 85.0 Å². The zero-order valence-electron chi connectivity index (χ0n) is 20.5. The molecule has 4 aromatic carbocycles. The Balaban J connectivity index is 1.37. The predicted octanol–water partition coefficient (Wildman–Crippen LogP) is 6.57. The van der Waals surface area contributed by atoms with Crippen LogP contribution in [0.4, 0.5) is 0 Å². The Kier molecular flexibility index (Phi) is 6.56. The van der Waals surface area contributed by atoms with Gasteiger partial charge < -0.3 is 14.8 Å². The molecule has 35 heavy (non-hydrogen) atoms. The fraction of sp³-hybridized carbons (Fsp3) is 0.258. The molecule has 1 heterocycles. The number of ether oxygens (including phenoxy) is 2. The smallest absolute Gasteiger partial charge is 0.338 e. The number of aryl methyl sites for hydroxylation is 1. The van der Waals surface area contributed by atoms with Crippen LogP contribution in [0.1, 0.15) is 57.9 Å². The summed E-state index contributed by atoms with van der Waals surface area (Å²) in [5, 5.41) is 6.26. The van der Waals surface area contributed by atoms with Crippen LogP contribution in [0.5, 0.6) is 5.75 Å². The average Bonchev–Trinajstić information content (AvgIpc) is 2.90. The molecule has 3 unspecified atom stereocenters. The van der Waals surface area contributed by atoms with Crippen molar-refractivity contribution < 1.29 is 14.3 Å². The van der Waals surface area contributed by atoms with Crippen molar-refractivity contribution in [1.82, 2.24) is 5.32 Å². The third-order valence-electron chi connectivity index (χ3n) is 7.09. The molecule has 3 atom stereocenters. The van der Waals surface area contributed by atoms with Gasteiger partial charge in [0.2, 0.25) is 0 Å². The van der Waals surface area contributed by atoms with Crippen molar-refractivity contribution in [3.05, 3.63) is 113 Å². The molecule has 178 valence electrons. The van der Waals surface area contributed by atoms with Gasteiger partial charge in [-0.2, -0.15) is 0 Å². The van der Waals surface area contributed by atoms with Crippen LogP contribution >= 0.6 is 0 Å². The van der Waals surface area contributed by atoms with Gasteiger partial charge in [0, 0.05) is 24.1 Å². The number of para-hydroxylation sites is 1. The van der Waals surface area contributed by atoms with Gasteiger partial charge in [-0.25, -0.2) is 4.79 Å². The number of rotatable bonds is 6. The normalized spacial score (nSPS) is 17.9. The van der Waals surface area contributed by atoms with Crippen LogP contribution in [0.3, 0.4) is 0 Å². The highest BCUT2D eigenvalue weighted by atomic mass is 16.5. The van der Waals surface area contributed by atoms with Crippen molar-refractivity contribution in [3.8, 4) is 5.75 Å². The van der Waals surface area contributed by atoms with Crippen LogP contribution in [0.25, 0.3) is 10.8 Å². The van der Waals surface area contributed by atoms with E-state index in [4.69, 9.17) is 9.47 Å². The highest BCUT2D eigenvalue weighted by molar-refractivity contribution is 5.91. The average molecular weight is 466 g/mol. The first-order valence-corrected chi connectivity index (χ1v) is 12.2. The van der Waals surface area contributed by atoms with E-state index < -0.39 is 0 Å². The minimum absolute atomic E-state index is 0.0351. The van der Waals surface area contributed by atoms with Gasteiger partial charge in [0.25, 0.3) is 0 Å². The molecule has 0 aromatic heterocycles. The lowest BCUT2D eigenvalue weighted by Crippen LogP contribution is -2.37. The zero-order chi connectivity index (χ0) is 24.4. The van der Waals surface area contributed by atoms with E-state index in [0.717, 1.165) is 24.3 Å². The van der Waals surface area contributed by atoms with Gasteiger partial charge in [0.1, 0.15) is 11.9 Å². The summed E-state index contributed by atoms with van der Waals surface area (Å²) in [6.07, 6.45) is 0.899. The number of carbonyl (C=O) groups is 1. The third-order valence-corrected chi connectivity index (χ3v) is 7.09. The van der Waals surface area contributed by atoms with Crippen molar-refractivity contribution in [1.29, 1.82) is 0 Å². The monoisotopic (exact) mass is 465 g/mol. The summed E-state index contributed by atoms with van der Waals surface area (Å²) in [6, 6.07) is 29.5. The molecule has 0 radical (unpaired) electrons. The van der Waals surface area contributed by atoms with E-state index in [1.165, 1.54) is 34.6 Å². The van der Waals surface area contributed by atoms with Gasteiger partial charge in [-0.15, -0.1) is 0 Å². The second-order valence-electron chi connectivity index (χ2n) is 9.33.